The van der Waals surface area contributed by atoms with Crippen molar-refractivity contribution in [3.05, 3.63) is 0 Å². The van der Waals surface area contributed by atoms with Crippen LogP contribution in [0.1, 0.15) is 26.7 Å². The maximum Gasteiger partial charge on any atom is 0.391 e. The minimum Gasteiger partial charge on any atom is -0.362 e. The quantitative estimate of drug-likeness (QED) is 0.622. The molecule has 0 rings (SSSR count). The molecule has 11 heteroatoms. The van der Waals surface area contributed by atoms with Crippen LogP contribution in [0.15, 0.2) is 0 Å². The third-order valence-corrected chi connectivity index (χ3v) is 2.29. The molecule has 2 unspecified atom stereocenters. The van der Waals surface area contributed by atoms with Crippen molar-refractivity contribution in [1.29, 1.82) is 0 Å². The lowest BCUT2D eigenvalue weighted by Gasteiger charge is -2.32. The van der Waals surface area contributed by atoms with Crippen LogP contribution in [-0.2, 0) is 4.74 Å². The van der Waals surface area contributed by atoms with Gasteiger partial charge in [0, 0.05) is 13.8 Å². The average molecular weight is 338 g/mol. The first-order valence-corrected chi connectivity index (χ1v) is 5.46. The Morgan fingerprint density at radius 1 is 0.619 bits per heavy atom. The number of rotatable bonds is 6. The average Bonchev–Trinajstić information content (AvgIpc) is 2.07. The van der Waals surface area contributed by atoms with Crippen LogP contribution in [0.5, 0.6) is 0 Å². The molecule has 0 saturated carbocycles. The molecule has 0 spiro atoms. The van der Waals surface area contributed by atoms with Crippen LogP contribution >= 0.6 is 0 Å². The van der Waals surface area contributed by atoms with E-state index in [0.717, 1.165) is 0 Å². The lowest BCUT2D eigenvalue weighted by molar-refractivity contribution is -0.261. The zero-order valence-electron chi connectivity index (χ0n) is 10.8. The van der Waals surface area contributed by atoms with Gasteiger partial charge in [0.1, 0.15) is 12.2 Å². The fourth-order valence-corrected chi connectivity index (χ4v) is 1.31. The number of alkyl halides is 10. The minimum atomic E-state index is -5.21. The molecule has 0 aliphatic rings. The first-order valence-electron chi connectivity index (χ1n) is 5.46. The highest BCUT2D eigenvalue weighted by Crippen LogP contribution is 2.37. The van der Waals surface area contributed by atoms with Crippen LogP contribution in [0, 0.1) is 0 Å². The Balaban J connectivity index is 5.23. The van der Waals surface area contributed by atoms with Gasteiger partial charge < -0.3 is 4.74 Å². The Kier molecular flexibility index (Phi) is 5.95. The molecule has 0 saturated heterocycles. The second kappa shape index (κ2) is 6.17. The third kappa shape index (κ3) is 8.99. The molecule has 0 aromatic heterocycles. The summed E-state index contributed by atoms with van der Waals surface area (Å²) in [6, 6.07) is 0. The fourth-order valence-electron chi connectivity index (χ4n) is 1.31. The molecule has 0 bridgehead atoms. The molecule has 0 fully saturated rings. The van der Waals surface area contributed by atoms with Crippen molar-refractivity contribution < 1.29 is 48.6 Å². The highest BCUT2D eigenvalue weighted by Gasteiger charge is 2.50. The molecule has 2 atom stereocenters. The minimum absolute atomic E-state index is 0.0537. The van der Waals surface area contributed by atoms with Gasteiger partial charge in [-0.25, -0.2) is 17.6 Å². The maximum absolute atomic E-state index is 12.9. The predicted octanol–water partition coefficient (Wildman–Crippen LogP) is 4.96. The normalized spacial score (nSPS) is 17.7. The van der Waals surface area contributed by atoms with Gasteiger partial charge in [0.2, 0.25) is 0 Å². The molecular weight excluding hydrogens is 326 g/mol. The molecule has 0 N–H and O–H groups in total. The predicted molar refractivity (Wildman–Crippen MR) is 51.2 cm³/mol. The Morgan fingerprint density at radius 2 is 0.857 bits per heavy atom. The van der Waals surface area contributed by atoms with E-state index in [1.54, 1.807) is 0 Å². The summed E-state index contributed by atoms with van der Waals surface area (Å²) >= 11 is 0. The van der Waals surface area contributed by atoms with Crippen molar-refractivity contribution in [3.8, 4) is 0 Å². The molecule has 0 aliphatic carbocycles. The summed E-state index contributed by atoms with van der Waals surface area (Å²) in [7, 11) is 0. The zero-order chi connectivity index (χ0) is 17.3. The fraction of sp³-hybridized carbons (Fsp3) is 1.00. The highest BCUT2D eigenvalue weighted by molar-refractivity contribution is 4.83. The van der Waals surface area contributed by atoms with Gasteiger partial charge in [0.25, 0.3) is 11.8 Å². The van der Waals surface area contributed by atoms with Gasteiger partial charge in [-0.1, -0.05) is 0 Å². The van der Waals surface area contributed by atoms with Crippen molar-refractivity contribution >= 4 is 0 Å². The van der Waals surface area contributed by atoms with E-state index in [2.05, 4.69) is 4.74 Å². The van der Waals surface area contributed by atoms with Crippen molar-refractivity contribution in [2.45, 2.75) is 63.1 Å². The van der Waals surface area contributed by atoms with Gasteiger partial charge in [-0.3, -0.25) is 0 Å². The second-order valence-corrected chi connectivity index (χ2v) is 4.66. The van der Waals surface area contributed by atoms with E-state index in [0.29, 0.717) is 0 Å². The molecular formula is C10H12F10O. The van der Waals surface area contributed by atoms with Gasteiger partial charge in [-0.2, -0.15) is 26.3 Å². The monoisotopic (exact) mass is 338 g/mol. The zero-order valence-corrected chi connectivity index (χ0v) is 10.8. The lowest BCUT2D eigenvalue weighted by atomic mass is 10.1. The van der Waals surface area contributed by atoms with E-state index < -0.39 is 49.2 Å². The summed E-state index contributed by atoms with van der Waals surface area (Å²) in [6.45, 7) is -0.107. The Bertz CT molecular complexity index is 289. The second-order valence-electron chi connectivity index (χ2n) is 4.66. The highest BCUT2D eigenvalue weighted by atomic mass is 19.4. The summed E-state index contributed by atoms with van der Waals surface area (Å²) in [5, 5.41) is 0. The third-order valence-electron chi connectivity index (χ3n) is 2.29. The summed E-state index contributed by atoms with van der Waals surface area (Å²) in [5.41, 5.74) is 0. The van der Waals surface area contributed by atoms with E-state index >= 15 is 0 Å². The topological polar surface area (TPSA) is 9.23 Å². The molecule has 1 nitrogen and oxygen atoms in total. The first kappa shape index (κ1) is 20.3. The molecule has 128 valence electrons. The summed E-state index contributed by atoms with van der Waals surface area (Å²) in [5.74, 6) is -8.49. The lowest BCUT2D eigenvalue weighted by Crippen LogP contribution is -2.46. The van der Waals surface area contributed by atoms with Gasteiger partial charge in [-0.15, -0.1) is 0 Å². The van der Waals surface area contributed by atoms with Crippen molar-refractivity contribution in [2.75, 3.05) is 0 Å². The maximum atomic E-state index is 12.9. The number of hydrogen-bond acceptors (Lipinski definition) is 1. The van der Waals surface area contributed by atoms with Crippen LogP contribution < -0.4 is 0 Å². The van der Waals surface area contributed by atoms with Crippen molar-refractivity contribution in [1.82, 2.24) is 0 Å². The van der Waals surface area contributed by atoms with E-state index in [1.807, 2.05) is 0 Å². The Labute approximate surface area is 113 Å². The molecule has 0 aromatic carbocycles. The van der Waals surface area contributed by atoms with Crippen LogP contribution in [0.3, 0.4) is 0 Å². The molecule has 0 heterocycles. The Morgan fingerprint density at radius 3 is 1.00 bits per heavy atom. The summed E-state index contributed by atoms with van der Waals surface area (Å²) in [4.78, 5) is 0. The first-order chi connectivity index (χ1) is 8.92. The molecule has 0 aliphatic heterocycles. The number of ether oxygens (including phenoxy) is 1. The standard InChI is InChI=1S/C10H12F10O/c1-7(11,12)5(3-9(15,16)17)21-6(8(2,13)14)4-10(18,19)20/h5-6H,3-4H2,1-2H3. The van der Waals surface area contributed by atoms with E-state index in [4.69, 9.17) is 0 Å². The van der Waals surface area contributed by atoms with Crippen LogP contribution in [0.25, 0.3) is 0 Å². The summed E-state index contributed by atoms with van der Waals surface area (Å²) < 4.78 is 128. The number of halogens is 10. The smallest absolute Gasteiger partial charge is 0.362 e. The van der Waals surface area contributed by atoms with E-state index in [1.165, 1.54) is 0 Å². The van der Waals surface area contributed by atoms with Gasteiger partial charge in [0.15, 0.2) is 0 Å². The van der Waals surface area contributed by atoms with Crippen LogP contribution in [0.4, 0.5) is 43.9 Å². The summed E-state index contributed by atoms with van der Waals surface area (Å²) in [6.07, 6.45) is -21.4. The van der Waals surface area contributed by atoms with Crippen LogP contribution in [-0.4, -0.2) is 36.4 Å². The van der Waals surface area contributed by atoms with Crippen LogP contribution in [0.2, 0.25) is 0 Å². The van der Waals surface area contributed by atoms with E-state index in [9.17, 15) is 43.9 Å². The van der Waals surface area contributed by atoms with E-state index in [-0.39, 0.29) is 13.8 Å². The van der Waals surface area contributed by atoms with Gasteiger partial charge >= 0.3 is 12.4 Å². The van der Waals surface area contributed by atoms with Gasteiger partial charge in [-0.05, 0) is 0 Å². The molecule has 0 amide bonds. The van der Waals surface area contributed by atoms with Crippen molar-refractivity contribution in [3.63, 3.8) is 0 Å². The Hall–Kier alpha value is -0.740. The molecule has 0 radical (unpaired) electrons. The molecule has 21 heavy (non-hydrogen) atoms. The number of hydrogen-bond donors (Lipinski definition) is 0. The SMILES string of the molecule is CC(F)(F)C(CC(F)(F)F)OC(CC(F)(F)F)C(C)(F)F. The largest absolute Gasteiger partial charge is 0.391 e. The van der Waals surface area contributed by atoms with Gasteiger partial charge in [0.05, 0.1) is 12.8 Å². The van der Waals surface area contributed by atoms with Crippen molar-refractivity contribution in [2.24, 2.45) is 0 Å². The molecule has 0 aromatic rings.